The van der Waals surface area contributed by atoms with Crippen molar-refractivity contribution in [3.8, 4) is 12.1 Å². The number of ketones is 2. The van der Waals surface area contributed by atoms with Crippen LogP contribution in [0.2, 0.25) is 0 Å². The van der Waals surface area contributed by atoms with E-state index < -0.39 is 22.8 Å². The molecule has 0 spiro atoms. The van der Waals surface area contributed by atoms with Crippen LogP contribution < -0.4 is 0 Å². The first-order chi connectivity index (χ1) is 8.13. The lowest BCUT2D eigenvalue weighted by atomic mass is 9.75. The summed E-state index contributed by atoms with van der Waals surface area (Å²) in [7, 11) is 0. The van der Waals surface area contributed by atoms with Gasteiger partial charge in [-0.1, -0.05) is 24.3 Å². The predicted octanol–water partition coefficient (Wildman–Crippen LogP) is 0.621. The average molecular weight is 224 g/mol. The van der Waals surface area contributed by atoms with E-state index in [4.69, 9.17) is 15.3 Å². The second-order valence-electron chi connectivity index (χ2n) is 3.89. The van der Waals surface area contributed by atoms with Gasteiger partial charge >= 0.3 is 0 Å². The third-order valence-electron chi connectivity index (χ3n) is 3.13. The van der Waals surface area contributed by atoms with E-state index in [1.807, 2.05) is 0 Å². The molecule has 0 radical (unpaired) electrons. The number of epoxide rings is 1. The van der Waals surface area contributed by atoms with Crippen molar-refractivity contribution in [1.29, 1.82) is 10.5 Å². The monoisotopic (exact) mass is 224 g/mol. The number of carbonyl (C=O) groups excluding carboxylic acids is 2. The van der Waals surface area contributed by atoms with E-state index in [0.717, 1.165) is 0 Å². The Labute approximate surface area is 95.8 Å². The van der Waals surface area contributed by atoms with E-state index in [1.165, 1.54) is 12.1 Å². The van der Waals surface area contributed by atoms with Crippen molar-refractivity contribution < 1.29 is 14.3 Å². The fraction of sp³-hybridized carbons (Fsp3) is 0.167. The van der Waals surface area contributed by atoms with Crippen LogP contribution >= 0.6 is 0 Å². The Morgan fingerprint density at radius 2 is 1.35 bits per heavy atom. The molecule has 0 bridgehead atoms. The topological polar surface area (TPSA) is 94.2 Å². The number of nitrogens with zero attached hydrogens (tertiary/aromatic N) is 2. The molecule has 0 unspecified atom stereocenters. The molecule has 5 heteroatoms. The normalized spacial score (nSPS) is 33.1. The van der Waals surface area contributed by atoms with Gasteiger partial charge in [0.25, 0.3) is 11.2 Å². The van der Waals surface area contributed by atoms with Crippen LogP contribution in [-0.2, 0) is 4.74 Å². The van der Waals surface area contributed by atoms with Crippen LogP contribution in [0.25, 0.3) is 0 Å². The molecule has 1 saturated heterocycles. The molecule has 17 heavy (non-hydrogen) atoms. The number of hydrogen-bond donors (Lipinski definition) is 0. The maximum absolute atomic E-state index is 12.1. The maximum atomic E-state index is 12.1. The summed E-state index contributed by atoms with van der Waals surface area (Å²) in [5.41, 5.74) is -3.59. The molecule has 0 aromatic heterocycles. The highest BCUT2D eigenvalue weighted by Crippen LogP contribution is 2.54. The van der Waals surface area contributed by atoms with E-state index in [-0.39, 0.29) is 11.1 Å². The summed E-state index contributed by atoms with van der Waals surface area (Å²) < 4.78 is 4.94. The minimum absolute atomic E-state index is 0.141. The van der Waals surface area contributed by atoms with Gasteiger partial charge in [0.15, 0.2) is 0 Å². The second kappa shape index (κ2) is 2.60. The zero-order valence-corrected chi connectivity index (χ0v) is 8.43. The molecule has 0 N–H and O–H groups in total. The predicted molar refractivity (Wildman–Crippen MR) is 52.9 cm³/mol. The van der Waals surface area contributed by atoms with E-state index in [1.54, 1.807) is 24.3 Å². The minimum Gasteiger partial charge on any atom is -0.316 e. The minimum atomic E-state index is -1.94. The molecule has 1 aromatic rings. The van der Waals surface area contributed by atoms with Gasteiger partial charge in [-0.25, -0.2) is 0 Å². The second-order valence-corrected chi connectivity index (χ2v) is 3.89. The maximum Gasteiger partial charge on any atom is 0.269 e. The molecule has 3 rings (SSSR count). The summed E-state index contributed by atoms with van der Waals surface area (Å²) in [6, 6.07) is 9.40. The van der Waals surface area contributed by atoms with E-state index >= 15 is 0 Å². The number of ether oxygens (including phenoxy) is 1. The zero-order valence-electron chi connectivity index (χ0n) is 8.43. The molecule has 1 heterocycles. The van der Waals surface area contributed by atoms with Gasteiger partial charge in [-0.3, -0.25) is 9.59 Å². The first-order valence-electron chi connectivity index (χ1n) is 4.84. The Morgan fingerprint density at radius 3 is 1.71 bits per heavy atom. The Hall–Kier alpha value is -2.50. The third kappa shape index (κ3) is 0.791. The van der Waals surface area contributed by atoms with Gasteiger partial charge < -0.3 is 4.74 Å². The summed E-state index contributed by atoms with van der Waals surface area (Å²) >= 11 is 0. The van der Waals surface area contributed by atoms with Gasteiger partial charge in [0, 0.05) is 11.1 Å². The summed E-state index contributed by atoms with van der Waals surface area (Å²) in [6.07, 6.45) is 0. The van der Waals surface area contributed by atoms with Crippen LogP contribution in [-0.4, -0.2) is 22.8 Å². The van der Waals surface area contributed by atoms with E-state index in [2.05, 4.69) is 0 Å². The Balaban J connectivity index is 2.34. The standard InChI is InChI=1S/C12H4N2O3/c13-5-11-9(15)7-3-1-2-4-8(7)10(16)12(11,6-14)17-11/h1-4H/t11-,12-/m0/s1. The van der Waals surface area contributed by atoms with Crippen LogP contribution in [0, 0.1) is 22.7 Å². The molecule has 1 aliphatic heterocycles. The van der Waals surface area contributed by atoms with Crippen LogP contribution in [0.5, 0.6) is 0 Å². The smallest absolute Gasteiger partial charge is 0.269 e. The highest BCUT2D eigenvalue weighted by atomic mass is 16.6. The number of hydrogen-bond acceptors (Lipinski definition) is 5. The lowest BCUT2D eigenvalue weighted by Crippen LogP contribution is -2.43. The van der Waals surface area contributed by atoms with Crippen molar-refractivity contribution in [1.82, 2.24) is 0 Å². The van der Waals surface area contributed by atoms with Gasteiger partial charge in [-0.15, -0.1) is 0 Å². The first-order valence-corrected chi connectivity index (χ1v) is 4.84. The van der Waals surface area contributed by atoms with Crippen LogP contribution in [0.4, 0.5) is 0 Å². The van der Waals surface area contributed by atoms with Crippen molar-refractivity contribution in [2.24, 2.45) is 0 Å². The number of Topliss-reactive ketones (excluding diaryl/α,β-unsaturated/α-hetero) is 2. The number of carbonyl (C=O) groups is 2. The molecule has 80 valence electrons. The van der Waals surface area contributed by atoms with Gasteiger partial charge in [0.2, 0.25) is 11.6 Å². The quantitative estimate of drug-likeness (QED) is 0.602. The summed E-state index contributed by atoms with van der Waals surface area (Å²) in [4.78, 5) is 24.1. The lowest BCUT2D eigenvalue weighted by Gasteiger charge is -2.16. The molecule has 5 nitrogen and oxygen atoms in total. The molecule has 2 atom stereocenters. The Morgan fingerprint density at radius 1 is 0.941 bits per heavy atom. The van der Waals surface area contributed by atoms with Crippen molar-refractivity contribution >= 4 is 11.6 Å². The molecule has 2 aliphatic rings. The number of benzene rings is 1. The van der Waals surface area contributed by atoms with E-state index in [0.29, 0.717) is 0 Å². The SMILES string of the molecule is N#C[C@@]12O[C@@]1(C#N)C(=O)c1ccccc1C2=O. The number of fused-ring (bicyclic) bond motifs is 2. The summed E-state index contributed by atoms with van der Waals surface area (Å²) in [6.45, 7) is 0. The molecule has 1 aliphatic carbocycles. The molecule has 0 saturated carbocycles. The fourth-order valence-corrected chi connectivity index (χ4v) is 2.18. The van der Waals surface area contributed by atoms with E-state index in [9.17, 15) is 9.59 Å². The number of nitriles is 2. The molecular weight excluding hydrogens is 220 g/mol. The van der Waals surface area contributed by atoms with Gasteiger partial charge in [0.05, 0.1) is 0 Å². The Kier molecular flexibility index (Phi) is 1.48. The lowest BCUT2D eigenvalue weighted by molar-refractivity contribution is 0.0882. The van der Waals surface area contributed by atoms with Crippen LogP contribution in [0.15, 0.2) is 24.3 Å². The highest BCUT2D eigenvalue weighted by Gasteiger charge is 2.83. The van der Waals surface area contributed by atoms with Crippen LogP contribution in [0.3, 0.4) is 0 Å². The van der Waals surface area contributed by atoms with Gasteiger partial charge in [-0.05, 0) is 0 Å². The molecular formula is C12H4N2O3. The Bertz CT molecular complexity index is 610. The van der Waals surface area contributed by atoms with Crippen molar-refractivity contribution in [3.63, 3.8) is 0 Å². The van der Waals surface area contributed by atoms with Crippen LogP contribution in [0.1, 0.15) is 20.7 Å². The van der Waals surface area contributed by atoms with Crippen molar-refractivity contribution in [2.75, 3.05) is 0 Å². The zero-order chi connectivity index (χ0) is 12.3. The molecule has 1 fully saturated rings. The van der Waals surface area contributed by atoms with Gasteiger partial charge in [-0.2, -0.15) is 10.5 Å². The number of rotatable bonds is 0. The molecule has 0 amide bonds. The van der Waals surface area contributed by atoms with Gasteiger partial charge in [0.1, 0.15) is 12.1 Å². The fourth-order valence-electron chi connectivity index (χ4n) is 2.18. The highest BCUT2D eigenvalue weighted by molar-refractivity contribution is 6.27. The van der Waals surface area contributed by atoms with Crippen molar-refractivity contribution in [3.05, 3.63) is 35.4 Å². The summed E-state index contributed by atoms with van der Waals surface area (Å²) in [5, 5.41) is 18.0. The summed E-state index contributed by atoms with van der Waals surface area (Å²) in [5.74, 6) is -1.23. The third-order valence-corrected chi connectivity index (χ3v) is 3.13. The largest absolute Gasteiger partial charge is 0.316 e. The van der Waals surface area contributed by atoms with Crippen molar-refractivity contribution in [2.45, 2.75) is 11.2 Å². The average Bonchev–Trinajstić information content (AvgIpc) is 3.08. The first kappa shape index (κ1) is 9.71. The molecule has 1 aromatic carbocycles.